The number of carbonyl (C=O) groups excluding carboxylic acids is 2. The molecule has 1 N–H and O–H groups in total. The average molecular weight is 440 g/mol. The largest absolute Gasteiger partial charge is 0.486 e. The van der Waals surface area contributed by atoms with Crippen LogP contribution in [-0.2, 0) is 15.7 Å². The number of rotatable bonds is 5. The molecule has 1 aliphatic rings. The van der Waals surface area contributed by atoms with Gasteiger partial charge in [0.2, 0.25) is 0 Å². The van der Waals surface area contributed by atoms with Crippen LogP contribution in [-0.4, -0.2) is 36.1 Å². The van der Waals surface area contributed by atoms with Gasteiger partial charge in [-0.15, -0.1) is 0 Å². The zero-order valence-corrected chi connectivity index (χ0v) is 15.9. The zero-order valence-electron chi connectivity index (χ0n) is 15.9. The van der Waals surface area contributed by atoms with E-state index < -0.39 is 46.0 Å². The molecule has 1 atom stereocenters. The number of nitrogens with zero attached hydrogens (tertiary/aromatic N) is 1. The number of hydrogen-bond donors (Lipinski definition) is 1. The SMILES string of the molecule is C[C@H](OC(=O)c1ccc2c(c1)OCCO2)C(=O)Nc1ccc([N+](=O)[O-])cc1C(F)(F)F. The number of hydrogen-bond acceptors (Lipinski definition) is 7. The van der Waals surface area contributed by atoms with E-state index in [2.05, 4.69) is 0 Å². The number of non-ortho nitro benzene ring substituents is 1. The Morgan fingerprint density at radius 3 is 2.45 bits per heavy atom. The summed E-state index contributed by atoms with van der Waals surface area (Å²) in [5, 5.41) is 12.7. The molecular weight excluding hydrogens is 425 g/mol. The second-order valence-electron chi connectivity index (χ2n) is 6.38. The Kier molecular flexibility index (Phi) is 5.99. The van der Waals surface area contributed by atoms with Crippen molar-refractivity contribution in [3.8, 4) is 11.5 Å². The van der Waals surface area contributed by atoms with Crippen LogP contribution in [0.25, 0.3) is 0 Å². The van der Waals surface area contributed by atoms with Crippen LogP contribution in [0, 0.1) is 10.1 Å². The lowest BCUT2D eigenvalue weighted by Gasteiger charge is -2.19. The molecule has 0 spiro atoms. The molecule has 2 aromatic rings. The number of nitro groups is 1. The van der Waals surface area contributed by atoms with Crippen molar-refractivity contribution in [2.45, 2.75) is 19.2 Å². The summed E-state index contributed by atoms with van der Waals surface area (Å²) in [4.78, 5) is 34.3. The molecule has 1 amide bonds. The number of amides is 1. The van der Waals surface area contributed by atoms with Crippen molar-refractivity contribution in [2.75, 3.05) is 18.5 Å². The first-order valence-electron chi connectivity index (χ1n) is 8.83. The van der Waals surface area contributed by atoms with Crippen molar-refractivity contribution < 1.29 is 41.9 Å². The fourth-order valence-corrected chi connectivity index (χ4v) is 2.68. The van der Waals surface area contributed by atoms with Gasteiger partial charge in [-0.1, -0.05) is 0 Å². The van der Waals surface area contributed by atoms with Crippen molar-refractivity contribution in [3.63, 3.8) is 0 Å². The maximum absolute atomic E-state index is 13.2. The van der Waals surface area contributed by atoms with Gasteiger partial charge in [-0.05, 0) is 31.2 Å². The second kappa shape index (κ2) is 8.50. The van der Waals surface area contributed by atoms with Crippen LogP contribution in [0.1, 0.15) is 22.8 Å². The number of anilines is 1. The molecule has 1 aliphatic heterocycles. The number of benzene rings is 2. The highest BCUT2D eigenvalue weighted by atomic mass is 19.4. The van der Waals surface area contributed by atoms with Crippen molar-refractivity contribution in [1.82, 2.24) is 0 Å². The van der Waals surface area contributed by atoms with Gasteiger partial charge in [0.1, 0.15) is 13.2 Å². The Balaban J connectivity index is 1.72. The van der Waals surface area contributed by atoms with Crippen molar-refractivity contribution in [1.29, 1.82) is 0 Å². The molecule has 0 bridgehead atoms. The number of halogens is 3. The van der Waals surface area contributed by atoms with E-state index in [0.717, 1.165) is 12.1 Å². The van der Waals surface area contributed by atoms with Crippen LogP contribution in [0.3, 0.4) is 0 Å². The molecule has 0 unspecified atom stereocenters. The van der Waals surface area contributed by atoms with E-state index in [1.165, 1.54) is 25.1 Å². The lowest BCUT2D eigenvalue weighted by Crippen LogP contribution is -2.31. The number of nitro benzene ring substituents is 1. The molecule has 164 valence electrons. The van der Waals surface area contributed by atoms with Crippen molar-refractivity contribution in [3.05, 3.63) is 57.6 Å². The average Bonchev–Trinajstić information content (AvgIpc) is 2.72. The first-order valence-corrected chi connectivity index (χ1v) is 8.83. The van der Waals surface area contributed by atoms with Gasteiger partial charge >= 0.3 is 12.1 Å². The van der Waals surface area contributed by atoms with Crippen LogP contribution in [0.4, 0.5) is 24.5 Å². The Morgan fingerprint density at radius 1 is 1.13 bits per heavy atom. The number of nitrogens with one attached hydrogen (secondary N) is 1. The maximum atomic E-state index is 13.2. The first-order chi connectivity index (χ1) is 14.6. The van der Waals surface area contributed by atoms with Gasteiger partial charge in [-0.3, -0.25) is 14.9 Å². The van der Waals surface area contributed by atoms with Crippen molar-refractivity contribution >= 4 is 23.3 Å². The number of ether oxygens (including phenoxy) is 3. The summed E-state index contributed by atoms with van der Waals surface area (Å²) >= 11 is 0. The van der Waals surface area contributed by atoms with E-state index in [-0.39, 0.29) is 5.56 Å². The molecular formula is C19H15F3N2O7. The lowest BCUT2D eigenvalue weighted by molar-refractivity contribution is -0.385. The number of fused-ring (bicyclic) bond motifs is 1. The fraction of sp³-hybridized carbons (Fsp3) is 0.263. The second-order valence-corrected chi connectivity index (χ2v) is 6.38. The minimum Gasteiger partial charge on any atom is -0.486 e. The van der Waals surface area contributed by atoms with Gasteiger partial charge in [0, 0.05) is 12.1 Å². The Hall–Kier alpha value is -3.83. The lowest BCUT2D eigenvalue weighted by atomic mass is 10.1. The summed E-state index contributed by atoms with van der Waals surface area (Å²) in [7, 11) is 0. The highest BCUT2D eigenvalue weighted by molar-refractivity contribution is 5.98. The van der Waals surface area contributed by atoms with Gasteiger partial charge in [0.05, 0.1) is 21.7 Å². The first kappa shape index (κ1) is 21.9. The van der Waals surface area contributed by atoms with Crippen LogP contribution in [0.5, 0.6) is 11.5 Å². The van der Waals surface area contributed by atoms with Gasteiger partial charge < -0.3 is 19.5 Å². The van der Waals surface area contributed by atoms with E-state index >= 15 is 0 Å². The Labute approximate surface area is 172 Å². The summed E-state index contributed by atoms with van der Waals surface area (Å²) < 4.78 is 55.4. The van der Waals surface area contributed by atoms with Crippen LogP contribution >= 0.6 is 0 Å². The monoisotopic (exact) mass is 440 g/mol. The van der Waals surface area contributed by atoms with Gasteiger partial charge in [-0.2, -0.15) is 13.2 Å². The highest BCUT2D eigenvalue weighted by Crippen LogP contribution is 2.37. The molecule has 1 heterocycles. The Bertz CT molecular complexity index is 1040. The predicted octanol–water partition coefficient (Wildman–Crippen LogP) is 3.57. The quantitative estimate of drug-likeness (QED) is 0.429. The van der Waals surface area contributed by atoms with E-state index in [1.807, 2.05) is 5.32 Å². The van der Waals surface area contributed by atoms with Crippen LogP contribution in [0.15, 0.2) is 36.4 Å². The summed E-state index contributed by atoms with van der Waals surface area (Å²) in [6.07, 6.45) is -6.42. The molecule has 0 aliphatic carbocycles. The third-order valence-electron chi connectivity index (χ3n) is 4.21. The molecule has 0 fully saturated rings. The van der Waals surface area contributed by atoms with Crippen LogP contribution in [0.2, 0.25) is 0 Å². The molecule has 9 nitrogen and oxygen atoms in total. The Morgan fingerprint density at radius 2 is 1.81 bits per heavy atom. The number of carbonyl (C=O) groups is 2. The molecule has 2 aromatic carbocycles. The molecule has 0 aromatic heterocycles. The van der Waals surface area contributed by atoms with Gasteiger partial charge in [-0.25, -0.2) is 4.79 Å². The standard InChI is InChI=1S/C19H15F3N2O7/c1-10(31-18(26)11-2-5-15-16(8-11)30-7-6-29-15)17(25)23-14-4-3-12(24(27)28)9-13(14)19(20,21)22/h2-5,8-10H,6-7H2,1H3,(H,23,25)/t10-/m0/s1. The molecule has 12 heteroatoms. The molecule has 31 heavy (non-hydrogen) atoms. The normalized spacial score (nSPS) is 13.8. The topological polar surface area (TPSA) is 117 Å². The van der Waals surface area contributed by atoms with Crippen molar-refractivity contribution in [2.24, 2.45) is 0 Å². The van der Waals surface area contributed by atoms with Crippen LogP contribution < -0.4 is 14.8 Å². The minimum atomic E-state index is -4.96. The van der Waals surface area contributed by atoms with E-state index in [1.54, 1.807) is 0 Å². The third-order valence-corrected chi connectivity index (χ3v) is 4.21. The third kappa shape index (κ3) is 5.02. The molecule has 0 saturated heterocycles. The van der Waals surface area contributed by atoms with Gasteiger partial charge in [0.25, 0.3) is 11.6 Å². The zero-order chi connectivity index (χ0) is 22.8. The molecule has 0 radical (unpaired) electrons. The summed E-state index contributed by atoms with van der Waals surface area (Å²) in [6, 6.07) is 6.12. The molecule has 3 rings (SSSR count). The summed E-state index contributed by atoms with van der Waals surface area (Å²) in [5.41, 5.74) is -2.84. The minimum absolute atomic E-state index is 0.0511. The number of esters is 1. The summed E-state index contributed by atoms with van der Waals surface area (Å²) in [6.45, 7) is 1.82. The maximum Gasteiger partial charge on any atom is 0.418 e. The van der Waals surface area contributed by atoms with E-state index in [4.69, 9.17) is 14.2 Å². The summed E-state index contributed by atoms with van der Waals surface area (Å²) in [5.74, 6) is -1.20. The van der Waals surface area contributed by atoms with E-state index in [0.29, 0.717) is 30.8 Å². The fourth-order valence-electron chi connectivity index (χ4n) is 2.68. The van der Waals surface area contributed by atoms with Gasteiger partial charge in [0.15, 0.2) is 17.6 Å². The number of alkyl halides is 3. The predicted molar refractivity (Wildman–Crippen MR) is 99.0 cm³/mol. The molecule has 0 saturated carbocycles. The smallest absolute Gasteiger partial charge is 0.418 e. The highest BCUT2D eigenvalue weighted by Gasteiger charge is 2.36. The van der Waals surface area contributed by atoms with E-state index in [9.17, 15) is 32.9 Å².